The molecule has 2 rings (SSSR count). The van der Waals surface area contributed by atoms with Crippen LogP contribution in [0.1, 0.15) is 39.5 Å². The van der Waals surface area contributed by atoms with E-state index in [0.717, 1.165) is 42.7 Å². The number of hydrogen-bond donors (Lipinski definition) is 1. The molecule has 0 aromatic heterocycles. The Kier molecular flexibility index (Phi) is 7.66. The van der Waals surface area contributed by atoms with Crippen LogP contribution in [0.25, 0.3) is 10.8 Å². The van der Waals surface area contributed by atoms with Crippen LogP contribution in [-0.2, 0) is 14.8 Å². The van der Waals surface area contributed by atoms with E-state index in [1.54, 1.807) is 6.07 Å². The van der Waals surface area contributed by atoms with E-state index in [1.165, 1.54) is 4.31 Å². The molecule has 2 aromatic rings. The van der Waals surface area contributed by atoms with Gasteiger partial charge >= 0.3 is 0 Å². The van der Waals surface area contributed by atoms with E-state index < -0.39 is 10.0 Å². The number of benzene rings is 2. The number of nitrogens with zero attached hydrogens (tertiary/aromatic N) is 1. The van der Waals surface area contributed by atoms with E-state index in [-0.39, 0.29) is 12.5 Å². The van der Waals surface area contributed by atoms with Crippen LogP contribution in [0, 0.1) is 5.92 Å². The molecule has 0 unspecified atom stereocenters. The van der Waals surface area contributed by atoms with Crippen LogP contribution in [0.15, 0.2) is 42.5 Å². The molecule has 27 heavy (non-hydrogen) atoms. The predicted molar refractivity (Wildman–Crippen MR) is 112 cm³/mol. The summed E-state index contributed by atoms with van der Waals surface area (Å²) < 4.78 is 26.0. The minimum Gasteiger partial charge on any atom is -0.354 e. The second-order valence-electron chi connectivity index (χ2n) is 6.99. The smallest absolute Gasteiger partial charge is 0.240 e. The molecule has 0 bridgehead atoms. The van der Waals surface area contributed by atoms with Gasteiger partial charge in [-0.15, -0.1) is 0 Å². The molecule has 1 atom stereocenters. The van der Waals surface area contributed by atoms with Crippen molar-refractivity contribution in [3.8, 4) is 0 Å². The summed E-state index contributed by atoms with van der Waals surface area (Å²) in [5.41, 5.74) is 0.531. The number of amides is 1. The summed E-state index contributed by atoms with van der Waals surface area (Å²) in [7, 11) is -3.59. The molecule has 0 saturated carbocycles. The molecule has 1 N–H and O–H groups in total. The van der Waals surface area contributed by atoms with Gasteiger partial charge in [0.05, 0.1) is 11.9 Å². The second-order valence-corrected chi connectivity index (χ2v) is 8.90. The largest absolute Gasteiger partial charge is 0.354 e. The van der Waals surface area contributed by atoms with E-state index in [9.17, 15) is 13.2 Å². The predicted octanol–water partition coefficient (Wildman–Crippen LogP) is 3.94. The first-order valence-electron chi connectivity index (χ1n) is 9.59. The Morgan fingerprint density at radius 2 is 1.81 bits per heavy atom. The van der Waals surface area contributed by atoms with Crippen molar-refractivity contribution in [3.63, 3.8) is 0 Å². The molecule has 1 amide bonds. The quantitative estimate of drug-likeness (QED) is 0.668. The van der Waals surface area contributed by atoms with Crippen molar-refractivity contribution < 1.29 is 13.2 Å². The van der Waals surface area contributed by atoms with Crippen molar-refractivity contribution in [2.75, 3.05) is 23.7 Å². The number of rotatable bonds is 10. The third-order valence-corrected chi connectivity index (χ3v) is 5.98. The van der Waals surface area contributed by atoms with Crippen molar-refractivity contribution in [3.05, 3.63) is 42.5 Å². The fourth-order valence-corrected chi connectivity index (χ4v) is 4.06. The van der Waals surface area contributed by atoms with Crippen molar-refractivity contribution in [1.82, 2.24) is 5.32 Å². The maximum Gasteiger partial charge on any atom is 0.240 e. The summed E-state index contributed by atoms with van der Waals surface area (Å²) >= 11 is 0. The van der Waals surface area contributed by atoms with Gasteiger partial charge in [0.15, 0.2) is 0 Å². The number of nitrogens with one attached hydrogen (secondary N) is 1. The SMILES string of the molecule is CCCC[C@H](CC)CNC(=O)CN(c1cccc2ccccc12)S(C)(=O)=O. The lowest BCUT2D eigenvalue weighted by molar-refractivity contribution is -0.119. The lowest BCUT2D eigenvalue weighted by Crippen LogP contribution is -2.41. The van der Waals surface area contributed by atoms with E-state index in [0.29, 0.717) is 18.2 Å². The van der Waals surface area contributed by atoms with Gasteiger partial charge in [0.2, 0.25) is 15.9 Å². The molecule has 0 spiro atoms. The zero-order valence-corrected chi connectivity index (χ0v) is 17.3. The minimum absolute atomic E-state index is 0.211. The van der Waals surface area contributed by atoms with Gasteiger partial charge in [-0.25, -0.2) is 8.42 Å². The molecule has 0 radical (unpaired) electrons. The number of anilines is 1. The molecule has 0 heterocycles. The summed E-state index contributed by atoms with van der Waals surface area (Å²) in [5, 5.41) is 4.67. The number of hydrogen-bond acceptors (Lipinski definition) is 3. The van der Waals surface area contributed by atoms with Crippen LogP contribution in [0.2, 0.25) is 0 Å². The van der Waals surface area contributed by atoms with Gasteiger partial charge in [0, 0.05) is 11.9 Å². The first-order valence-corrected chi connectivity index (χ1v) is 11.4. The Bertz CT molecular complexity index is 859. The van der Waals surface area contributed by atoms with Crippen LogP contribution in [0.5, 0.6) is 0 Å². The highest BCUT2D eigenvalue weighted by Crippen LogP contribution is 2.28. The molecule has 2 aromatic carbocycles. The van der Waals surface area contributed by atoms with Crippen LogP contribution in [0.4, 0.5) is 5.69 Å². The molecule has 0 aliphatic heterocycles. The van der Waals surface area contributed by atoms with E-state index in [4.69, 9.17) is 0 Å². The molecule has 6 heteroatoms. The summed E-state index contributed by atoms with van der Waals surface area (Å²) in [4.78, 5) is 12.5. The third kappa shape index (κ3) is 5.96. The number of unbranched alkanes of at least 4 members (excludes halogenated alkanes) is 1. The summed E-state index contributed by atoms with van der Waals surface area (Å²) in [6.45, 7) is 4.64. The summed E-state index contributed by atoms with van der Waals surface area (Å²) in [6, 6.07) is 13.1. The molecular weight excluding hydrogens is 360 g/mol. The van der Waals surface area contributed by atoms with Gasteiger partial charge in [-0.05, 0) is 23.8 Å². The van der Waals surface area contributed by atoms with Gasteiger partial charge in [-0.1, -0.05) is 69.5 Å². The topological polar surface area (TPSA) is 66.5 Å². The first-order chi connectivity index (χ1) is 12.9. The average Bonchev–Trinajstić information content (AvgIpc) is 2.65. The van der Waals surface area contributed by atoms with E-state index in [1.807, 2.05) is 36.4 Å². The number of sulfonamides is 1. The van der Waals surface area contributed by atoms with Crippen LogP contribution < -0.4 is 9.62 Å². The van der Waals surface area contributed by atoms with Gasteiger partial charge in [0.25, 0.3) is 0 Å². The summed E-state index contributed by atoms with van der Waals surface area (Å²) in [5.74, 6) is 0.154. The van der Waals surface area contributed by atoms with E-state index >= 15 is 0 Å². The molecular formula is C21H30N2O3S. The highest BCUT2D eigenvalue weighted by Gasteiger charge is 2.22. The van der Waals surface area contributed by atoms with E-state index in [2.05, 4.69) is 19.2 Å². The zero-order chi connectivity index (χ0) is 19.9. The van der Waals surface area contributed by atoms with Crippen LogP contribution in [-0.4, -0.2) is 33.7 Å². The van der Waals surface area contributed by atoms with Crippen molar-refractivity contribution in [2.24, 2.45) is 5.92 Å². The second kappa shape index (κ2) is 9.74. The Morgan fingerprint density at radius 1 is 1.11 bits per heavy atom. The van der Waals surface area contributed by atoms with Gasteiger partial charge in [-0.2, -0.15) is 0 Å². The standard InChI is InChI=1S/C21H30N2O3S/c1-4-6-10-17(5-2)15-22-21(24)16-23(27(3,25)26)20-14-9-12-18-11-7-8-13-19(18)20/h7-9,11-14,17H,4-6,10,15-16H2,1-3H3,(H,22,24)/t17-/m0/s1. The Hall–Kier alpha value is -2.08. The van der Waals surface area contributed by atoms with Crippen molar-refractivity contribution in [1.29, 1.82) is 0 Å². The Morgan fingerprint density at radius 3 is 2.48 bits per heavy atom. The molecule has 0 aliphatic rings. The molecule has 0 fully saturated rings. The maximum atomic E-state index is 12.5. The molecule has 148 valence electrons. The average molecular weight is 391 g/mol. The third-order valence-electron chi connectivity index (χ3n) is 4.85. The van der Waals surface area contributed by atoms with Gasteiger partial charge < -0.3 is 5.32 Å². The van der Waals surface area contributed by atoms with Crippen molar-refractivity contribution in [2.45, 2.75) is 39.5 Å². The Labute approximate surface area is 162 Å². The van der Waals surface area contributed by atoms with Gasteiger partial charge in [0.1, 0.15) is 6.54 Å². The molecule has 0 aliphatic carbocycles. The monoisotopic (exact) mass is 390 g/mol. The zero-order valence-electron chi connectivity index (χ0n) is 16.4. The number of carbonyl (C=O) groups excluding carboxylic acids is 1. The van der Waals surface area contributed by atoms with Crippen molar-refractivity contribution >= 4 is 32.4 Å². The lowest BCUT2D eigenvalue weighted by Gasteiger charge is -2.24. The highest BCUT2D eigenvalue weighted by atomic mass is 32.2. The fourth-order valence-electron chi connectivity index (χ4n) is 3.19. The fraction of sp³-hybridized carbons (Fsp3) is 0.476. The van der Waals surface area contributed by atoms with Crippen LogP contribution >= 0.6 is 0 Å². The van der Waals surface area contributed by atoms with Gasteiger partial charge in [-0.3, -0.25) is 9.10 Å². The summed E-state index contributed by atoms with van der Waals surface area (Å²) in [6.07, 6.45) is 5.48. The molecule has 0 saturated heterocycles. The first kappa shape index (κ1) is 21.2. The lowest BCUT2D eigenvalue weighted by atomic mass is 9.99. The van der Waals surface area contributed by atoms with Crippen LogP contribution in [0.3, 0.4) is 0 Å². The molecule has 5 nitrogen and oxygen atoms in total. The normalized spacial score (nSPS) is 12.7. The number of carbonyl (C=O) groups is 1. The number of fused-ring (bicyclic) bond motifs is 1. The Balaban J connectivity index is 2.17. The highest BCUT2D eigenvalue weighted by molar-refractivity contribution is 7.92. The maximum absolute atomic E-state index is 12.5. The minimum atomic E-state index is -3.59.